The lowest BCUT2D eigenvalue weighted by Gasteiger charge is -2.34. The molecular formula is C18H38N2O. The molecule has 3 heteroatoms. The summed E-state index contributed by atoms with van der Waals surface area (Å²) >= 11 is 0. The Morgan fingerprint density at radius 2 is 2.00 bits per heavy atom. The van der Waals surface area contributed by atoms with Crippen LogP contribution in [0.2, 0.25) is 0 Å². The second-order valence-corrected chi connectivity index (χ2v) is 8.42. The van der Waals surface area contributed by atoms with Crippen LogP contribution in [0.3, 0.4) is 0 Å². The highest BCUT2D eigenvalue weighted by molar-refractivity contribution is 4.74. The molecular weight excluding hydrogens is 260 g/mol. The van der Waals surface area contributed by atoms with Gasteiger partial charge in [0.05, 0.1) is 12.7 Å². The van der Waals surface area contributed by atoms with Gasteiger partial charge in [0.25, 0.3) is 0 Å². The molecule has 0 unspecified atom stereocenters. The fraction of sp³-hybridized carbons (Fsp3) is 1.00. The van der Waals surface area contributed by atoms with Gasteiger partial charge >= 0.3 is 0 Å². The SMILES string of the molecule is CC(C)CCCN1CCO[C@@H](CCN(C)CC(C)(C)C)C1. The van der Waals surface area contributed by atoms with Crippen LogP contribution in [0.15, 0.2) is 0 Å². The van der Waals surface area contributed by atoms with Gasteiger partial charge in [-0.3, -0.25) is 4.90 Å². The Hall–Kier alpha value is -0.120. The van der Waals surface area contributed by atoms with Gasteiger partial charge in [-0.15, -0.1) is 0 Å². The topological polar surface area (TPSA) is 15.7 Å². The van der Waals surface area contributed by atoms with Crippen LogP contribution in [0.1, 0.15) is 53.9 Å². The molecule has 3 nitrogen and oxygen atoms in total. The average Bonchev–Trinajstić information content (AvgIpc) is 2.34. The van der Waals surface area contributed by atoms with Gasteiger partial charge in [-0.05, 0) is 44.2 Å². The summed E-state index contributed by atoms with van der Waals surface area (Å²) in [4.78, 5) is 5.04. The molecule has 0 radical (unpaired) electrons. The minimum absolute atomic E-state index is 0.380. The Morgan fingerprint density at radius 1 is 1.29 bits per heavy atom. The zero-order valence-corrected chi connectivity index (χ0v) is 15.3. The van der Waals surface area contributed by atoms with Gasteiger partial charge in [0.1, 0.15) is 0 Å². The third kappa shape index (κ3) is 9.49. The summed E-state index contributed by atoms with van der Waals surface area (Å²) in [5, 5.41) is 0. The molecule has 0 N–H and O–H groups in total. The molecule has 1 heterocycles. The first kappa shape index (κ1) is 18.9. The molecule has 0 saturated carbocycles. The van der Waals surface area contributed by atoms with Crippen LogP contribution in [-0.4, -0.2) is 62.3 Å². The highest BCUT2D eigenvalue weighted by Crippen LogP contribution is 2.16. The Labute approximate surface area is 133 Å². The quantitative estimate of drug-likeness (QED) is 0.682. The average molecular weight is 299 g/mol. The Balaban J connectivity index is 2.20. The standard InChI is InChI=1S/C18H38N2O/c1-16(2)8-7-10-20-12-13-21-17(14-20)9-11-19(6)15-18(3,4)5/h16-17H,7-15H2,1-6H3/t17-/m0/s1. The van der Waals surface area contributed by atoms with Gasteiger partial charge in [0, 0.05) is 26.2 Å². The fourth-order valence-electron chi connectivity index (χ4n) is 3.13. The van der Waals surface area contributed by atoms with E-state index in [1.54, 1.807) is 0 Å². The van der Waals surface area contributed by atoms with Crippen molar-refractivity contribution in [3.05, 3.63) is 0 Å². The molecule has 21 heavy (non-hydrogen) atoms. The number of hydrogen-bond acceptors (Lipinski definition) is 3. The summed E-state index contributed by atoms with van der Waals surface area (Å²) in [6.07, 6.45) is 4.26. The van der Waals surface area contributed by atoms with Crippen molar-refractivity contribution in [3.8, 4) is 0 Å². The molecule has 1 saturated heterocycles. The van der Waals surface area contributed by atoms with E-state index in [1.807, 2.05) is 0 Å². The second-order valence-electron chi connectivity index (χ2n) is 8.42. The third-order valence-electron chi connectivity index (χ3n) is 4.06. The van der Waals surface area contributed by atoms with Crippen molar-refractivity contribution < 1.29 is 4.74 Å². The van der Waals surface area contributed by atoms with Crippen molar-refractivity contribution in [2.75, 3.05) is 46.4 Å². The lowest BCUT2D eigenvalue weighted by molar-refractivity contribution is -0.0360. The molecule has 1 aliphatic rings. The number of nitrogens with zero attached hydrogens (tertiary/aromatic N) is 2. The van der Waals surface area contributed by atoms with Gasteiger partial charge in [0.15, 0.2) is 0 Å². The molecule has 0 amide bonds. The van der Waals surface area contributed by atoms with E-state index in [4.69, 9.17) is 4.74 Å². The monoisotopic (exact) mass is 298 g/mol. The first-order valence-corrected chi connectivity index (χ1v) is 8.79. The van der Waals surface area contributed by atoms with Crippen molar-refractivity contribution in [1.82, 2.24) is 9.80 Å². The molecule has 1 fully saturated rings. The van der Waals surface area contributed by atoms with Crippen LogP contribution in [-0.2, 0) is 4.74 Å². The molecule has 126 valence electrons. The summed E-state index contributed by atoms with van der Waals surface area (Å²) in [6, 6.07) is 0. The van der Waals surface area contributed by atoms with Crippen molar-refractivity contribution in [1.29, 1.82) is 0 Å². The lowest BCUT2D eigenvalue weighted by Crippen LogP contribution is -2.44. The van der Waals surface area contributed by atoms with E-state index in [2.05, 4.69) is 51.5 Å². The molecule has 0 aliphatic carbocycles. The Kier molecular flexibility index (Phi) is 8.22. The van der Waals surface area contributed by atoms with Crippen LogP contribution in [0.4, 0.5) is 0 Å². The van der Waals surface area contributed by atoms with Crippen LogP contribution in [0.25, 0.3) is 0 Å². The number of hydrogen-bond donors (Lipinski definition) is 0. The third-order valence-corrected chi connectivity index (χ3v) is 4.06. The molecule has 1 rings (SSSR count). The van der Waals surface area contributed by atoms with Crippen LogP contribution in [0, 0.1) is 11.3 Å². The smallest absolute Gasteiger partial charge is 0.0714 e. The maximum atomic E-state index is 5.95. The van der Waals surface area contributed by atoms with Crippen molar-refractivity contribution in [2.45, 2.75) is 60.0 Å². The van der Waals surface area contributed by atoms with E-state index >= 15 is 0 Å². The maximum Gasteiger partial charge on any atom is 0.0714 e. The van der Waals surface area contributed by atoms with Gasteiger partial charge in [-0.25, -0.2) is 0 Å². The maximum absolute atomic E-state index is 5.95. The van der Waals surface area contributed by atoms with Crippen LogP contribution in [0.5, 0.6) is 0 Å². The van der Waals surface area contributed by atoms with Crippen LogP contribution >= 0.6 is 0 Å². The fourth-order valence-corrected chi connectivity index (χ4v) is 3.13. The Morgan fingerprint density at radius 3 is 2.62 bits per heavy atom. The molecule has 0 spiro atoms. The highest BCUT2D eigenvalue weighted by atomic mass is 16.5. The van der Waals surface area contributed by atoms with Crippen molar-refractivity contribution in [3.63, 3.8) is 0 Å². The zero-order chi connectivity index (χ0) is 15.9. The van der Waals surface area contributed by atoms with E-state index in [9.17, 15) is 0 Å². The summed E-state index contributed by atoms with van der Waals surface area (Å²) in [7, 11) is 2.23. The predicted octanol–water partition coefficient (Wildman–Crippen LogP) is 3.49. The normalized spacial score (nSPS) is 21.4. The second kappa shape index (κ2) is 9.12. The van der Waals surface area contributed by atoms with Crippen molar-refractivity contribution >= 4 is 0 Å². The molecule has 0 bridgehead atoms. The number of ether oxygens (including phenoxy) is 1. The van der Waals surface area contributed by atoms with Crippen LogP contribution < -0.4 is 0 Å². The van der Waals surface area contributed by atoms with E-state index in [0.717, 1.165) is 45.1 Å². The highest BCUT2D eigenvalue weighted by Gasteiger charge is 2.21. The molecule has 0 aromatic heterocycles. The van der Waals surface area contributed by atoms with Gasteiger partial charge < -0.3 is 9.64 Å². The molecule has 1 aliphatic heterocycles. The first-order valence-electron chi connectivity index (χ1n) is 8.79. The Bertz CT molecular complexity index is 273. The summed E-state index contributed by atoms with van der Waals surface area (Å²) in [5.41, 5.74) is 0.380. The van der Waals surface area contributed by atoms with E-state index in [0.29, 0.717) is 11.5 Å². The van der Waals surface area contributed by atoms with Gasteiger partial charge in [-0.2, -0.15) is 0 Å². The number of rotatable bonds is 8. The van der Waals surface area contributed by atoms with Crippen molar-refractivity contribution in [2.24, 2.45) is 11.3 Å². The van der Waals surface area contributed by atoms with Gasteiger partial charge in [-0.1, -0.05) is 34.6 Å². The van der Waals surface area contributed by atoms with E-state index in [1.165, 1.54) is 19.4 Å². The molecule has 1 atom stereocenters. The van der Waals surface area contributed by atoms with E-state index in [-0.39, 0.29) is 0 Å². The summed E-state index contributed by atoms with van der Waals surface area (Å²) < 4.78 is 5.95. The van der Waals surface area contributed by atoms with Gasteiger partial charge in [0.2, 0.25) is 0 Å². The zero-order valence-electron chi connectivity index (χ0n) is 15.3. The number of morpholine rings is 1. The largest absolute Gasteiger partial charge is 0.376 e. The lowest BCUT2D eigenvalue weighted by atomic mass is 9.96. The minimum Gasteiger partial charge on any atom is -0.376 e. The minimum atomic E-state index is 0.380. The molecule has 0 aromatic carbocycles. The molecule has 0 aromatic rings. The van der Waals surface area contributed by atoms with E-state index < -0.39 is 0 Å². The summed E-state index contributed by atoms with van der Waals surface area (Å²) in [6.45, 7) is 18.2. The summed E-state index contributed by atoms with van der Waals surface area (Å²) in [5.74, 6) is 0.827. The first-order chi connectivity index (χ1) is 9.76. The predicted molar refractivity (Wildman–Crippen MR) is 91.8 cm³/mol.